The van der Waals surface area contributed by atoms with E-state index >= 15 is 0 Å². The minimum absolute atomic E-state index is 0. The molecule has 0 radical (unpaired) electrons. The van der Waals surface area contributed by atoms with Gasteiger partial charge in [-0.15, -0.1) is 29.1 Å². The number of hydrogen-bond acceptors (Lipinski definition) is 5. The molecule has 2 heterocycles. The second-order valence-electron chi connectivity index (χ2n) is 6.46. The van der Waals surface area contributed by atoms with Crippen LogP contribution in [-0.2, 0) is 11.3 Å². The van der Waals surface area contributed by atoms with Crippen LogP contribution in [-0.4, -0.2) is 48.5 Å². The quantitative estimate of drug-likeness (QED) is 0.309. The normalized spacial score (nSPS) is 15.8. The first kappa shape index (κ1) is 20.7. The van der Waals surface area contributed by atoms with Crippen molar-refractivity contribution in [2.45, 2.75) is 32.2 Å². The number of rotatable bonds is 8. The number of ether oxygens (including phenoxy) is 1. The Morgan fingerprint density at radius 3 is 2.88 bits per heavy atom. The maximum Gasteiger partial charge on any atom is 0.216 e. The van der Waals surface area contributed by atoms with E-state index in [0.717, 1.165) is 31.4 Å². The Labute approximate surface area is 170 Å². The summed E-state index contributed by atoms with van der Waals surface area (Å²) in [5.41, 5.74) is 0.340. The van der Waals surface area contributed by atoms with Crippen molar-refractivity contribution in [1.82, 2.24) is 25.8 Å². The molecule has 0 aliphatic heterocycles. The molecule has 26 heavy (non-hydrogen) atoms. The van der Waals surface area contributed by atoms with E-state index in [1.807, 2.05) is 12.1 Å². The van der Waals surface area contributed by atoms with Gasteiger partial charge >= 0.3 is 0 Å². The molecule has 8 nitrogen and oxygen atoms in total. The molecular formula is C17H27IN6O2. The highest BCUT2D eigenvalue weighted by molar-refractivity contribution is 14.0. The van der Waals surface area contributed by atoms with Crippen LogP contribution in [0, 0.1) is 5.41 Å². The monoisotopic (exact) mass is 474 g/mol. The van der Waals surface area contributed by atoms with Crippen LogP contribution in [0.25, 0.3) is 11.6 Å². The number of nitrogens with one attached hydrogen (secondary N) is 3. The molecule has 0 spiro atoms. The molecule has 9 heteroatoms. The molecule has 0 saturated heterocycles. The number of nitrogens with zero attached hydrogens (tertiary/aromatic N) is 3. The van der Waals surface area contributed by atoms with Gasteiger partial charge in [0, 0.05) is 27.3 Å². The Bertz CT molecular complexity index is 681. The molecule has 3 N–H and O–H groups in total. The number of furan rings is 1. The lowest BCUT2D eigenvalue weighted by molar-refractivity contribution is 0.0732. The fraction of sp³-hybridized carbons (Fsp3) is 0.588. The number of H-pyrrole nitrogens is 1. The van der Waals surface area contributed by atoms with Crippen molar-refractivity contribution in [3.8, 4) is 11.6 Å². The lowest BCUT2D eigenvalue weighted by atomic mass is 9.67. The van der Waals surface area contributed by atoms with Crippen molar-refractivity contribution in [3.05, 3.63) is 24.2 Å². The summed E-state index contributed by atoms with van der Waals surface area (Å²) in [5, 5.41) is 13.8. The summed E-state index contributed by atoms with van der Waals surface area (Å²) in [4.78, 5) is 8.70. The van der Waals surface area contributed by atoms with E-state index in [9.17, 15) is 0 Å². The highest BCUT2D eigenvalue weighted by Crippen LogP contribution is 2.43. The Morgan fingerprint density at radius 1 is 1.42 bits per heavy atom. The number of hydrogen-bond donors (Lipinski definition) is 3. The fourth-order valence-corrected chi connectivity index (χ4v) is 3.06. The molecule has 1 fully saturated rings. The molecule has 2 aromatic heterocycles. The van der Waals surface area contributed by atoms with Crippen LogP contribution in [0.2, 0.25) is 0 Å². The molecule has 0 bridgehead atoms. The topological polar surface area (TPSA) is 100 Å². The molecule has 0 unspecified atom stereocenters. The summed E-state index contributed by atoms with van der Waals surface area (Å²) < 4.78 is 10.5. The van der Waals surface area contributed by atoms with Crippen molar-refractivity contribution >= 4 is 29.9 Å². The third-order valence-corrected chi connectivity index (χ3v) is 4.80. The Hall–Kier alpha value is -1.62. The molecule has 1 saturated carbocycles. The number of guanidine groups is 1. The van der Waals surface area contributed by atoms with Crippen LogP contribution in [0.5, 0.6) is 0 Å². The van der Waals surface area contributed by atoms with Crippen molar-refractivity contribution in [1.29, 1.82) is 0 Å². The van der Waals surface area contributed by atoms with E-state index in [2.05, 4.69) is 30.8 Å². The summed E-state index contributed by atoms with van der Waals surface area (Å²) in [5.74, 6) is 2.69. The minimum atomic E-state index is 0. The van der Waals surface area contributed by atoms with Gasteiger partial charge in [0.05, 0.1) is 12.8 Å². The smallest absolute Gasteiger partial charge is 0.216 e. The molecule has 0 aromatic carbocycles. The molecule has 1 aliphatic rings. The first-order chi connectivity index (χ1) is 12.2. The van der Waals surface area contributed by atoms with Crippen LogP contribution in [0.15, 0.2) is 27.8 Å². The van der Waals surface area contributed by atoms with Gasteiger partial charge in [-0.1, -0.05) is 6.42 Å². The van der Waals surface area contributed by atoms with Crippen molar-refractivity contribution in [2.75, 3.05) is 27.3 Å². The predicted molar refractivity (Wildman–Crippen MR) is 110 cm³/mol. The summed E-state index contributed by atoms with van der Waals surface area (Å²) in [7, 11) is 3.53. The largest absolute Gasteiger partial charge is 0.461 e. The molecule has 0 atom stereocenters. The van der Waals surface area contributed by atoms with Crippen molar-refractivity contribution in [2.24, 2.45) is 10.4 Å². The summed E-state index contributed by atoms with van der Waals surface area (Å²) in [6.07, 6.45) is 6.48. The van der Waals surface area contributed by atoms with Gasteiger partial charge in [0.2, 0.25) is 5.82 Å². The number of aliphatic imine (C=N–C) groups is 1. The van der Waals surface area contributed by atoms with Gasteiger partial charge in [-0.05, 0) is 36.8 Å². The summed E-state index contributed by atoms with van der Waals surface area (Å²) in [6, 6.07) is 3.65. The minimum Gasteiger partial charge on any atom is -0.461 e. The third-order valence-electron chi connectivity index (χ3n) is 4.80. The van der Waals surface area contributed by atoms with Crippen LogP contribution in [0.1, 0.15) is 31.5 Å². The van der Waals surface area contributed by atoms with Crippen molar-refractivity contribution < 1.29 is 9.15 Å². The van der Waals surface area contributed by atoms with E-state index in [0.29, 0.717) is 23.5 Å². The SMILES string of the molecule is CN=C(NCc1nc(-c2ccco2)n[nH]1)NCC1(CCOC)CCC1.I. The maximum atomic E-state index is 5.29. The Kier molecular flexibility index (Phi) is 7.88. The number of aromatic nitrogens is 3. The van der Waals surface area contributed by atoms with Crippen LogP contribution in [0.4, 0.5) is 0 Å². The standard InChI is InChI=1S/C17H26N6O2.HI/c1-18-16(20-12-17(6-4-7-17)8-10-24-2)19-11-14-21-15(23-22-14)13-5-3-9-25-13;/h3,5,9H,4,6-8,10-12H2,1-2H3,(H2,18,19,20)(H,21,22,23);1H. The zero-order valence-electron chi connectivity index (χ0n) is 15.2. The Morgan fingerprint density at radius 2 is 2.27 bits per heavy atom. The van der Waals surface area contributed by atoms with E-state index < -0.39 is 0 Å². The van der Waals surface area contributed by atoms with E-state index in [4.69, 9.17) is 9.15 Å². The van der Waals surface area contributed by atoms with Gasteiger partial charge in [0.1, 0.15) is 5.82 Å². The Balaban J connectivity index is 0.00000243. The van der Waals surface area contributed by atoms with Gasteiger partial charge in [-0.3, -0.25) is 10.1 Å². The van der Waals surface area contributed by atoms with Crippen LogP contribution < -0.4 is 10.6 Å². The molecule has 0 amide bonds. The second kappa shape index (κ2) is 9.91. The molecule has 1 aliphatic carbocycles. The number of methoxy groups -OCH3 is 1. The zero-order chi connectivity index (χ0) is 17.5. The molecule has 3 rings (SSSR count). The van der Waals surface area contributed by atoms with Gasteiger partial charge < -0.3 is 19.8 Å². The van der Waals surface area contributed by atoms with Crippen LogP contribution >= 0.6 is 24.0 Å². The maximum absolute atomic E-state index is 5.29. The first-order valence-electron chi connectivity index (χ1n) is 8.63. The lowest BCUT2D eigenvalue weighted by Gasteiger charge is -2.42. The van der Waals surface area contributed by atoms with E-state index in [-0.39, 0.29) is 24.0 Å². The highest BCUT2D eigenvalue weighted by atomic mass is 127. The molecule has 144 valence electrons. The van der Waals surface area contributed by atoms with Crippen LogP contribution in [0.3, 0.4) is 0 Å². The first-order valence-corrected chi connectivity index (χ1v) is 8.63. The fourth-order valence-electron chi connectivity index (χ4n) is 3.06. The predicted octanol–water partition coefficient (Wildman–Crippen LogP) is 2.55. The number of halogens is 1. The average molecular weight is 474 g/mol. The highest BCUT2D eigenvalue weighted by Gasteiger charge is 2.36. The average Bonchev–Trinajstić information content (AvgIpc) is 3.27. The van der Waals surface area contributed by atoms with E-state index in [1.165, 1.54) is 19.3 Å². The lowest BCUT2D eigenvalue weighted by Crippen LogP contribution is -2.46. The van der Waals surface area contributed by atoms with Gasteiger partial charge in [0.15, 0.2) is 11.7 Å². The molecular weight excluding hydrogens is 447 g/mol. The molecule has 2 aromatic rings. The van der Waals surface area contributed by atoms with Gasteiger partial charge in [0.25, 0.3) is 0 Å². The van der Waals surface area contributed by atoms with Gasteiger partial charge in [-0.25, -0.2) is 4.98 Å². The summed E-state index contributed by atoms with van der Waals surface area (Å²) in [6.45, 7) is 2.23. The zero-order valence-corrected chi connectivity index (χ0v) is 17.6. The van der Waals surface area contributed by atoms with Gasteiger partial charge in [-0.2, -0.15) is 0 Å². The van der Waals surface area contributed by atoms with E-state index in [1.54, 1.807) is 20.4 Å². The third kappa shape index (κ3) is 5.19. The number of aromatic amines is 1. The second-order valence-corrected chi connectivity index (χ2v) is 6.46. The van der Waals surface area contributed by atoms with Crippen molar-refractivity contribution in [3.63, 3.8) is 0 Å². The summed E-state index contributed by atoms with van der Waals surface area (Å²) >= 11 is 0.